The van der Waals surface area contributed by atoms with Crippen LogP contribution in [0.4, 0.5) is 18.9 Å². The summed E-state index contributed by atoms with van der Waals surface area (Å²) >= 11 is 3.02. The molecule has 0 aliphatic carbocycles. The first kappa shape index (κ1) is 15.8. The van der Waals surface area contributed by atoms with E-state index in [1.54, 1.807) is 6.92 Å². The van der Waals surface area contributed by atoms with E-state index in [1.165, 1.54) is 6.07 Å². The lowest BCUT2D eigenvalue weighted by Crippen LogP contribution is -2.12. The molecule has 0 heterocycles. The molecule has 3 nitrogen and oxygen atoms in total. The summed E-state index contributed by atoms with van der Waals surface area (Å²) in [5.41, 5.74) is -0.452. The van der Waals surface area contributed by atoms with E-state index in [2.05, 4.69) is 21.2 Å². The largest absolute Gasteiger partial charge is 0.466 e. The van der Waals surface area contributed by atoms with Crippen molar-refractivity contribution in [2.24, 2.45) is 0 Å². The Morgan fingerprint density at radius 2 is 2.05 bits per heavy atom. The van der Waals surface area contributed by atoms with E-state index in [0.717, 1.165) is 12.1 Å². The lowest BCUT2D eigenvalue weighted by molar-refractivity contribution is -0.142. The van der Waals surface area contributed by atoms with Gasteiger partial charge in [0.2, 0.25) is 0 Å². The highest BCUT2D eigenvalue weighted by atomic mass is 79.9. The molecule has 1 N–H and O–H groups in total. The molecule has 0 atom stereocenters. The number of anilines is 1. The summed E-state index contributed by atoms with van der Waals surface area (Å²) in [4.78, 5) is 11.1. The molecule has 106 valence electrons. The number of ether oxygens (including phenoxy) is 1. The van der Waals surface area contributed by atoms with E-state index in [-0.39, 0.29) is 25.5 Å². The first-order valence-electron chi connectivity index (χ1n) is 5.60. The van der Waals surface area contributed by atoms with Crippen molar-refractivity contribution in [2.45, 2.75) is 19.5 Å². The van der Waals surface area contributed by atoms with Gasteiger partial charge in [-0.25, -0.2) is 0 Å². The SMILES string of the molecule is CCOC(=O)CCNc1cc(Br)cc(C(F)(F)F)c1. The molecule has 19 heavy (non-hydrogen) atoms. The van der Waals surface area contributed by atoms with Gasteiger partial charge in [-0.1, -0.05) is 15.9 Å². The molecule has 0 bridgehead atoms. The molecule has 0 aromatic heterocycles. The smallest absolute Gasteiger partial charge is 0.416 e. The monoisotopic (exact) mass is 339 g/mol. The van der Waals surface area contributed by atoms with Gasteiger partial charge in [0.05, 0.1) is 18.6 Å². The van der Waals surface area contributed by atoms with E-state index in [4.69, 9.17) is 4.74 Å². The number of esters is 1. The first-order valence-corrected chi connectivity index (χ1v) is 6.39. The van der Waals surface area contributed by atoms with Crippen molar-refractivity contribution in [3.8, 4) is 0 Å². The molecule has 0 fully saturated rings. The molecular formula is C12H13BrF3NO2. The summed E-state index contributed by atoms with van der Waals surface area (Å²) < 4.78 is 42.8. The van der Waals surface area contributed by atoms with Gasteiger partial charge in [0.25, 0.3) is 0 Å². The summed E-state index contributed by atoms with van der Waals surface area (Å²) in [6, 6.07) is 3.51. The van der Waals surface area contributed by atoms with Gasteiger partial charge < -0.3 is 10.1 Å². The van der Waals surface area contributed by atoms with Crippen molar-refractivity contribution in [3.05, 3.63) is 28.2 Å². The Hall–Kier alpha value is -1.24. The maximum atomic E-state index is 12.6. The predicted molar refractivity (Wildman–Crippen MR) is 68.9 cm³/mol. The highest BCUT2D eigenvalue weighted by Gasteiger charge is 2.31. The zero-order chi connectivity index (χ0) is 14.5. The number of carbonyl (C=O) groups is 1. The van der Waals surface area contributed by atoms with Crippen LogP contribution in [0, 0.1) is 0 Å². The Morgan fingerprint density at radius 3 is 2.63 bits per heavy atom. The van der Waals surface area contributed by atoms with Crippen LogP contribution in [0.5, 0.6) is 0 Å². The second-order valence-corrected chi connectivity index (χ2v) is 4.62. The number of halogens is 4. The van der Waals surface area contributed by atoms with Gasteiger partial charge in [-0.15, -0.1) is 0 Å². The normalized spacial score (nSPS) is 11.2. The van der Waals surface area contributed by atoms with Crippen LogP contribution in [0.15, 0.2) is 22.7 Å². The number of alkyl halides is 3. The third-order valence-electron chi connectivity index (χ3n) is 2.19. The minimum atomic E-state index is -4.40. The van der Waals surface area contributed by atoms with Gasteiger partial charge in [-0.2, -0.15) is 13.2 Å². The maximum absolute atomic E-state index is 12.6. The summed E-state index contributed by atoms with van der Waals surface area (Å²) in [6.07, 6.45) is -4.30. The molecule has 1 aromatic rings. The van der Waals surface area contributed by atoms with E-state index in [0.29, 0.717) is 10.2 Å². The standard InChI is InChI=1S/C12H13BrF3NO2/c1-2-19-11(18)3-4-17-10-6-8(12(14,15)16)5-9(13)7-10/h5-7,17H,2-4H2,1H3. The Morgan fingerprint density at radius 1 is 1.37 bits per heavy atom. The van der Waals surface area contributed by atoms with Crippen molar-refractivity contribution in [2.75, 3.05) is 18.5 Å². The lowest BCUT2D eigenvalue weighted by atomic mass is 10.2. The number of benzene rings is 1. The zero-order valence-electron chi connectivity index (χ0n) is 10.2. The number of nitrogens with one attached hydrogen (secondary N) is 1. The summed E-state index contributed by atoms with van der Waals surface area (Å²) in [7, 11) is 0. The average Bonchev–Trinajstić information content (AvgIpc) is 2.27. The molecule has 0 saturated heterocycles. The predicted octanol–water partition coefficient (Wildman–Crippen LogP) is 3.83. The molecule has 1 aromatic carbocycles. The van der Waals surface area contributed by atoms with Gasteiger partial charge in [0.15, 0.2) is 0 Å². The maximum Gasteiger partial charge on any atom is 0.416 e. The molecule has 0 radical (unpaired) electrons. The third-order valence-corrected chi connectivity index (χ3v) is 2.65. The fourth-order valence-electron chi connectivity index (χ4n) is 1.40. The fourth-order valence-corrected chi connectivity index (χ4v) is 1.89. The highest BCUT2D eigenvalue weighted by Crippen LogP contribution is 2.33. The van der Waals surface area contributed by atoms with Gasteiger partial charge in [0, 0.05) is 16.7 Å². The molecule has 0 unspecified atom stereocenters. The highest BCUT2D eigenvalue weighted by molar-refractivity contribution is 9.10. The Kier molecular flexibility index (Phi) is 5.65. The number of rotatable bonds is 5. The van der Waals surface area contributed by atoms with Gasteiger partial charge in [0.1, 0.15) is 0 Å². The van der Waals surface area contributed by atoms with E-state index in [1.807, 2.05) is 0 Å². The molecule has 7 heteroatoms. The second kappa shape index (κ2) is 6.79. The summed E-state index contributed by atoms with van der Waals surface area (Å²) in [6.45, 7) is 2.19. The lowest BCUT2D eigenvalue weighted by Gasteiger charge is -2.11. The number of carbonyl (C=O) groups excluding carboxylic acids is 1. The van der Waals surface area contributed by atoms with E-state index in [9.17, 15) is 18.0 Å². The van der Waals surface area contributed by atoms with Crippen LogP contribution >= 0.6 is 15.9 Å². The summed E-state index contributed by atoms with van der Waals surface area (Å²) in [5.74, 6) is -0.388. The van der Waals surface area contributed by atoms with Crippen molar-refractivity contribution in [3.63, 3.8) is 0 Å². The molecule has 0 aliphatic rings. The Bertz CT molecular complexity index is 449. The fraction of sp³-hybridized carbons (Fsp3) is 0.417. The van der Waals surface area contributed by atoms with Gasteiger partial charge in [-0.3, -0.25) is 4.79 Å². The van der Waals surface area contributed by atoms with Crippen molar-refractivity contribution in [1.82, 2.24) is 0 Å². The Labute approximate surface area is 117 Å². The summed E-state index contributed by atoms with van der Waals surface area (Å²) in [5, 5.41) is 2.76. The molecule has 0 aliphatic heterocycles. The van der Waals surface area contributed by atoms with Crippen LogP contribution < -0.4 is 5.32 Å². The average molecular weight is 340 g/mol. The van der Waals surface area contributed by atoms with Crippen LogP contribution in [0.25, 0.3) is 0 Å². The molecule has 1 rings (SSSR count). The Balaban J connectivity index is 2.64. The number of hydrogen-bond acceptors (Lipinski definition) is 3. The van der Waals surface area contributed by atoms with Crippen LogP contribution in [-0.2, 0) is 15.7 Å². The van der Waals surface area contributed by atoms with Crippen molar-refractivity contribution in [1.29, 1.82) is 0 Å². The second-order valence-electron chi connectivity index (χ2n) is 3.71. The quantitative estimate of drug-likeness (QED) is 0.828. The first-order chi connectivity index (χ1) is 8.82. The van der Waals surface area contributed by atoms with E-state index >= 15 is 0 Å². The van der Waals surface area contributed by atoms with E-state index < -0.39 is 11.7 Å². The number of hydrogen-bond donors (Lipinski definition) is 1. The van der Waals surface area contributed by atoms with Crippen LogP contribution in [-0.4, -0.2) is 19.1 Å². The topological polar surface area (TPSA) is 38.3 Å². The van der Waals surface area contributed by atoms with Crippen LogP contribution in [0.3, 0.4) is 0 Å². The molecular weight excluding hydrogens is 327 g/mol. The van der Waals surface area contributed by atoms with Gasteiger partial charge in [-0.05, 0) is 25.1 Å². The van der Waals surface area contributed by atoms with Gasteiger partial charge >= 0.3 is 12.1 Å². The zero-order valence-corrected chi connectivity index (χ0v) is 11.8. The van der Waals surface area contributed by atoms with Crippen LogP contribution in [0.1, 0.15) is 18.9 Å². The van der Waals surface area contributed by atoms with Crippen molar-refractivity contribution < 1.29 is 22.7 Å². The molecule has 0 saturated carbocycles. The molecule has 0 amide bonds. The minimum absolute atomic E-state index is 0.0989. The van der Waals surface area contributed by atoms with Crippen molar-refractivity contribution >= 4 is 27.6 Å². The third kappa shape index (κ3) is 5.50. The molecule has 0 spiro atoms. The van der Waals surface area contributed by atoms with Crippen LogP contribution in [0.2, 0.25) is 0 Å². The minimum Gasteiger partial charge on any atom is -0.466 e.